The van der Waals surface area contributed by atoms with Crippen molar-refractivity contribution in [3.8, 4) is 5.75 Å². The predicted molar refractivity (Wildman–Crippen MR) is 128 cm³/mol. The molecule has 0 aromatic heterocycles. The lowest BCUT2D eigenvalue weighted by Gasteiger charge is -2.28. The molecule has 0 radical (unpaired) electrons. The number of halogens is 3. The summed E-state index contributed by atoms with van der Waals surface area (Å²) in [6, 6.07) is 9.79. The van der Waals surface area contributed by atoms with Crippen LogP contribution in [-0.4, -0.2) is 50.3 Å². The highest BCUT2D eigenvalue weighted by Crippen LogP contribution is 2.35. The maximum atomic E-state index is 14.5. The fraction of sp³-hybridized carbons (Fsp3) is 0.423. The van der Waals surface area contributed by atoms with Crippen LogP contribution in [0.4, 0.5) is 8.78 Å². The molecule has 8 heteroatoms. The fourth-order valence-corrected chi connectivity index (χ4v) is 4.38. The predicted octanol–water partition coefficient (Wildman–Crippen LogP) is 4.97. The van der Waals surface area contributed by atoms with Crippen LogP contribution in [0.15, 0.2) is 42.0 Å². The van der Waals surface area contributed by atoms with E-state index in [1.807, 2.05) is 24.3 Å². The van der Waals surface area contributed by atoms with E-state index in [2.05, 4.69) is 5.32 Å². The first-order chi connectivity index (χ1) is 16.5. The molecule has 0 unspecified atom stereocenters. The number of methoxy groups -OCH3 is 1. The number of nitrogens with zero attached hydrogens (tertiary/aromatic N) is 1. The number of hydrogen-bond acceptors (Lipinski definition) is 4. The Hall–Kier alpha value is -2.48. The van der Waals surface area contributed by atoms with Crippen molar-refractivity contribution in [2.75, 3.05) is 33.4 Å². The summed E-state index contributed by atoms with van der Waals surface area (Å²) in [4.78, 5) is 15.3. The summed E-state index contributed by atoms with van der Waals surface area (Å²) in [5, 5.41) is 3.01. The second-order valence-corrected chi connectivity index (χ2v) is 8.97. The molecule has 34 heavy (non-hydrogen) atoms. The number of rotatable bonds is 10. The molecule has 182 valence electrons. The van der Waals surface area contributed by atoms with Gasteiger partial charge in [0.25, 0.3) is 5.91 Å². The average Bonchev–Trinajstić information content (AvgIpc) is 3.70. The highest BCUT2D eigenvalue weighted by Gasteiger charge is 2.36. The average molecular weight is 491 g/mol. The van der Waals surface area contributed by atoms with Crippen molar-refractivity contribution in [2.45, 2.75) is 38.3 Å². The SMILES string of the molecule is COCCCOc1ccc(C2=C(C(=O)N(Cc3c(F)ccc(F)c3Cl)C3CC3)CNCC2)cc1. The fourth-order valence-electron chi connectivity index (χ4n) is 4.16. The van der Waals surface area contributed by atoms with E-state index >= 15 is 0 Å². The second-order valence-electron chi connectivity index (χ2n) is 8.59. The molecule has 2 aromatic carbocycles. The van der Waals surface area contributed by atoms with Gasteiger partial charge in [-0.15, -0.1) is 0 Å². The highest BCUT2D eigenvalue weighted by molar-refractivity contribution is 6.31. The zero-order valence-electron chi connectivity index (χ0n) is 19.2. The molecule has 1 aliphatic carbocycles. The Labute approximate surface area is 203 Å². The normalized spacial score (nSPS) is 16.0. The Balaban J connectivity index is 1.57. The van der Waals surface area contributed by atoms with Crippen molar-refractivity contribution in [1.29, 1.82) is 0 Å². The van der Waals surface area contributed by atoms with Gasteiger partial charge in [0, 0.05) is 43.9 Å². The van der Waals surface area contributed by atoms with Gasteiger partial charge >= 0.3 is 0 Å². The van der Waals surface area contributed by atoms with Crippen LogP contribution in [0.3, 0.4) is 0 Å². The van der Waals surface area contributed by atoms with Gasteiger partial charge in [-0.1, -0.05) is 23.7 Å². The number of nitrogens with one attached hydrogen (secondary N) is 1. The molecule has 1 amide bonds. The first kappa shape index (κ1) is 24.6. The minimum absolute atomic E-state index is 0.00443. The lowest BCUT2D eigenvalue weighted by Crippen LogP contribution is -2.39. The lowest BCUT2D eigenvalue weighted by atomic mass is 9.93. The highest BCUT2D eigenvalue weighted by atomic mass is 35.5. The molecule has 4 rings (SSSR count). The van der Waals surface area contributed by atoms with Gasteiger partial charge in [-0.2, -0.15) is 0 Å². The van der Waals surface area contributed by atoms with Crippen molar-refractivity contribution in [3.63, 3.8) is 0 Å². The summed E-state index contributed by atoms with van der Waals surface area (Å²) in [5.74, 6) is -0.700. The van der Waals surface area contributed by atoms with Crippen molar-refractivity contribution in [1.82, 2.24) is 10.2 Å². The van der Waals surface area contributed by atoms with E-state index in [9.17, 15) is 13.6 Å². The smallest absolute Gasteiger partial charge is 0.251 e. The van der Waals surface area contributed by atoms with Crippen molar-refractivity contribution < 1.29 is 23.0 Å². The van der Waals surface area contributed by atoms with Gasteiger partial charge in [-0.3, -0.25) is 4.79 Å². The van der Waals surface area contributed by atoms with Gasteiger partial charge in [-0.05, 0) is 61.2 Å². The number of carbonyl (C=O) groups excluding carboxylic acids is 1. The van der Waals surface area contributed by atoms with Crippen LogP contribution in [-0.2, 0) is 16.1 Å². The molecule has 5 nitrogen and oxygen atoms in total. The summed E-state index contributed by atoms with van der Waals surface area (Å²) < 4.78 is 39.2. The van der Waals surface area contributed by atoms with Crippen molar-refractivity contribution in [3.05, 3.63) is 69.8 Å². The molecule has 0 saturated heterocycles. The summed E-state index contributed by atoms with van der Waals surface area (Å²) in [7, 11) is 1.66. The van der Waals surface area contributed by atoms with E-state index in [1.54, 1.807) is 12.0 Å². The van der Waals surface area contributed by atoms with E-state index in [-0.39, 0.29) is 29.1 Å². The Morgan fingerprint density at radius 3 is 2.56 bits per heavy atom. The molecule has 1 fully saturated rings. The summed E-state index contributed by atoms with van der Waals surface area (Å²) in [5.41, 5.74) is 2.59. The monoisotopic (exact) mass is 490 g/mol. The zero-order valence-corrected chi connectivity index (χ0v) is 20.0. The largest absolute Gasteiger partial charge is 0.494 e. The van der Waals surface area contributed by atoms with E-state index in [1.165, 1.54) is 0 Å². The quantitative estimate of drug-likeness (QED) is 0.377. The van der Waals surface area contributed by atoms with Gasteiger partial charge in [0.05, 0.1) is 18.2 Å². The van der Waals surface area contributed by atoms with Crippen LogP contribution in [0.5, 0.6) is 5.75 Å². The Kier molecular flexibility index (Phi) is 8.19. The first-order valence-electron chi connectivity index (χ1n) is 11.6. The minimum atomic E-state index is -0.690. The molecule has 1 saturated carbocycles. The van der Waals surface area contributed by atoms with Crippen LogP contribution in [0.25, 0.3) is 5.57 Å². The number of amides is 1. The number of benzene rings is 2. The van der Waals surface area contributed by atoms with Gasteiger partial charge in [0.1, 0.15) is 17.4 Å². The van der Waals surface area contributed by atoms with Crippen LogP contribution >= 0.6 is 11.6 Å². The molecule has 1 N–H and O–H groups in total. The van der Waals surface area contributed by atoms with Gasteiger partial charge in [0.2, 0.25) is 0 Å². The second kappa shape index (κ2) is 11.3. The van der Waals surface area contributed by atoms with Crippen molar-refractivity contribution >= 4 is 23.1 Å². The Morgan fingerprint density at radius 2 is 1.85 bits per heavy atom. The zero-order chi connectivity index (χ0) is 24.1. The molecule has 1 aliphatic heterocycles. The third-order valence-corrected chi connectivity index (χ3v) is 6.56. The standard InChI is InChI=1S/C26H29ClF2N2O3/c1-33-13-2-14-34-19-7-3-17(4-8-19)20-11-12-30-15-21(20)26(32)31(18-5-6-18)16-22-23(28)9-10-24(29)25(22)27/h3-4,7-10,18,30H,2,5-6,11-16H2,1H3. The molecule has 0 bridgehead atoms. The number of carbonyl (C=O) groups is 1. The van der Waals surface area contributed by atoms with Gasteiger partial charge < -0.3 is 19.7 Å². The molecule has 0 atom stereocenters. The Bertz CT molecular complexity index is 1050. The van der Waals surface area contributed by atoms with E-state index < -0.39 is 11.6 Å². The van der Waals surface area contributed by atoms with Crippen LogP contribution in [0.2, 0.25) is 5.02 Å². The number of hydrogen-bond donors (Lipinski definition) is 1. The number of ether oxygens (including phenoxy) is 2. The summed E-state index contributed by atoms with van der Waals surface area (Å²) >= 11 is 6.06. The third-order valence-electron chi connectivity index (χ3n) is 6.16. The summed E-state index contributed by atoms with van der Waals surface area (Å²) in [6.07, 6.45) is 3.18. The van der Waals surface area contributed by atoms with E-state index in [0.717, 1.165) is 54.8 Å². The van der Waals surface area contributed by atoms with Crippen LogP contribution < -0.4 is 10.1 Å². The topological polar surface area (TPSA) is 50.8 Å². The Morgan fingerprint density at radius 1 is 1.12 bits per heavy atom. The first-order valence-corrected chi connectivity index (χ1v) is 12.0. The maximum Gasteiger partial charge on any atom is 0.251 e. The van der Waals surface area contributed by atoms with E-state index in [0.29, 0.717) is 31.8 Å². The van der Waals surface area contributed by atoms with Crippen molar-refractivity contribution in [2.24, 2.45) is 0 Å². The summed E-state index contributed by atoms with van der Waals surface area (Å²) in [6.45, 7) is 2.34. The van der Waals surface area contributed by atoms with E-state index in [4.69, 9.17) is 21.1 Å². The van der Waals surface area contributed by atoms with Crippen LogP contribution in [0.1, 0.15) is 36.8 Å². The van der Waals surface area contributed by atoms with Gasteiger partial charge in [0.15, 0.2) is 0 Å². The lowest BCUT2D eigenvalue weighted by molar-refractivity contribution is -0.128. The molecule has 2 aliphatic rings. The molecule has 0 spiro atoms. The van der Waals surface area contributed by atoms with Crippen LogP contribution in [0, 0.1) is 11.6 Å². The third kappa shape index (κ3) is 5.77. The molecule has 2 aromatic rings. The maximum absolute atomic E-state index is 14.5. The minimum Gasteiger partial charge on any atom is -0.494 e. The molecular weight excluding hydrogens is 462 g/mol. The molecule has 1 heterocycles. The molecular formula is C26H29ClF2N2O3. The van der Waals surface area contributed by atoms with Gasteiger partial charge in [-0.25, -0.2) is 8.78 Å².